The predicted octanol–water partition coefficient (Wildman–Crippen LogP) is 1.62. The number of Topliss-reactive ketones (excluding diaryl/α,β-unsaturated/α-hetero) is 1. The average molecular weight is 354 g/mol. The van der Waals surface area contributed by atoms with E-state index >= 15 is 0 Å². The monoisotopic (exact) mass is 354 g/mol. The Labute approximate surface area is 150 Å². The number of rotatable bonds is 4. The van der Waals surface area contributed by atoms with Crippen LogP contribution in [0.2, 0.25) is 0 Å². The summed E-state index contributed by atoms with van der Waals surface area (Å²) in [6, 6.07) is 17.0. The normalized spacial score (nSPS) is 30.0. The average Bonchev–Trinajstić information content (AvgIpc) is 3.24. The molecule has 4 rings (SSSR count). The van der Waals surface area contributed by atoms with Gasteiger partial charge in [-0.2, -0.15) is 0 Å². The Morgan fingerprint density at radius 1 is 0.962 bits per heavy atom. The third kappa shape index (κ3) is 2.72. The van der Waals surface area contributed by atoms with Crippen LogP contribution in [0.1, 0.15) is 20.7 Å². The summed E-state index contributed by atoms with van der Waals surface area (Å²) >= 11 is 0. The van der Waals surface area contributed by atoms with Gasteiger partial charge in [0, 0.05) is 5.56 Å². The van der Waals surface area contributed by atoms with Crippen LogP contribution in [0.5, 0.6) is 0 Å². The van der Waals surface area contributed by atoms with E-state index in [1.165, 1.54) is 0 Å². The van der Waals surface area contributed by atoms with E-state index in [1.54, 1.807) is 60.7 Å². The molecule has 2 heterocycles. The van der Waals surface area contributed by atoms with Gasteiger partial charge in [-0.3, -0.25) is 4.79 Å². The Kier molecular flexibility index (Phi) is 4.32. The van der Waals surface area contributed by atoms with Gasteiger partial charge in [0.2, 0.25) is 11.4 Å². The number of carbonyl (C=O) groups excluding carboxylic acids is 2. The Morgan fingerprint density at radius 2 is 1.58 bits per heavy atom. The molecule has 0 aliphatic carbocycles. The number of hydrogen-bond donors (Lipinski definition) is 1. The highest BCUT2D eigenvalue weighted by molar-refractivity contribution is 6.05. The Morgan fingerprint density at radius 3 is 2.23 bits per heavy atom. The molecule has 0 saturated carbocycles. The summed E-state index contributed by atoms with van der Waals surface area (Å²) in [6.45, 7) is -0.131. The summed E-state index contributed by atoms with van der Waals surface area (Å²) in [7, 11) is 0. The van der Waals surface area contributed by atoms with Crippen LogP contribution in [-0.4, -0.2) is 54.0 Å². The maximum Gasteiger partial charge on any atom is 0.339 e. The standard InChI is InChI=1S/C20H18O6/c21-15-11-24-18-16(15)25-12-20(18,17(22)13-7-3-1-4-8-13)26-19(23)14-9-5-2-6-10-14/h1-10,15-16,18,21H,11-12H2/t15-,16-,18+,20-/m1/s1. The number of fused-ring (bicyclic) bond motifs is 1. The highest BCUT2D eigenvalue weighted by atomic mass is 16.6. The SMILES string of the molecule is O=C(O[C@@]1(C(=O)c2ccccc2)CO[C@@H]2[C@H](O)CO[C@@H]21)c1ccccc1. The highest BCUT2D eigenvalue weighted by Crippen LogP contribution is 2.39. The van der Waals surface area contributed by atoms with Crippen LogP contribution in [0.3, 0.4) is 0 Å². The van der Waals surface area contributed by atoms with Crippen LogP contribution in [0, 0.1) is 0 Å². The topological polar surface area (TPSA) is 82.1 Å². The molecule has 0 radical (unpaired) electrons. The van der Waals surface area contributed by atoms with E-state index in [9.17, 15) is 14.7 Å². The molecule has 2 fully saturated rings. The maximum atomic E-state index is 13.3. The second-order valence-electron chi connectivity index (χ2n) is 6.44. The van der Waals surface area contributed by atoms with Crippen molar-refractivity contribution in [2.75, 3.05) is 13.2 Å². The van der Waals surface area contributed by atoms with Gasteiger partial charge in [-0.1, -0.05) is 48.5 Å². The van der Waals surface area contributed by atoms with Crippen LogP contribution in [-0.2, 0) is 14.2 Å². The molecule has 2 saturated heterocycles. The summed E-state index contributed by atoms with van der Waals surface area (Å²) in [5.74, 6) is -1.03. The number of benzene rings is 2. The van der Waals surface area contributed by atoms with E-state index in [0.717, 1.165) is 0 Å². The van der Waals surface area contributed by atoms with Gasteiger partial charge in [0.1, 0.15) is 18.3 Å². The zero-order valence-corrected chi connectivity index (χ0v) is 13.9. The quantitative estimate of drug-likeness (QED) is 0.664. The van der Waals surface area contributed by atoms with Crippen molar-refractivity contribution in [3.8, 4) is 0 Å². The number of carbonyl (C=O) groups is 2. The Bertz CT molecular complexity index is 806. The van der Waals surface area contributed by atoms with E-state index in [4.69, 9.17) is 14.2 Å². The molecular formula is C20H18O6. The molecule has 0 aromatic heterocycles. The molecule has 26 heavy (non-hydrogen) atoms. The van der Waals surface area contributed by atoms with Crippen molar-refractivity contribution in [1.82, 2.24) is 0 Å². The predicted molar refractivity (Wildman–Crippen MR) is 90.8 cm³/mol. The van der Waals surface area contributed by atoms with Crippen molar-refractivity contribution in [3.05, 3.63) is 71.8 Å². The van der Waals surface area contributed by atoms with Crippen LogP contribution in [0.25, 0.3) is 0 Å². The number of aliphatic hydroxyl groups is 1. The molecule has 1 N–H and O–H groups in total. The molecule has 6 nitrogen and oxygen atoms in total. The fourth-order valence-corrected chi connectivity index (χ4v) is 3.46. The Balaban J connectivity index is 1.71. The summed E-state index contributed by atoms with van der Waals surface area (Å²) in [5.41, 5.74) is -0.909. The first-order valence-electron chi connectivity index (χ1n) is 8.41. The highest BCUT2D eigenvalue weighted by Gasteiger charge is 2.63. The molecule has 6 heteroatoms. The third-order valence-corrected chi connectivity index (χ3v) is 4.78. The first-order chi connectivity index (χ1) is 12.6. The summed E-state index contributed by atoms with van der Waals surface area (Å²) in [6.07, 6.45) is -2.41. The van der Waals surface area contributed by atoms with Crippen LogP contribution < -0.4 is 0 Å². The lowest BCUT2D eigenvalue weighted by atomic mass is 9.87. The summed E-state index contributed by atoms with van der Waals surface area (Å²) in [4.78, 5) is 25.9. The van der Waals surface area contributed by atoms with Gasteiger partial charge >= 0.3 is 5.97 Å². The number of hydrogen-bond acceptors (Lipinski definition) is 6. The third-order valence-electron chi connectivity index (χ3n) is 4.78. The van der Waals surface area contributed by atoms with Crippen molar-refractivity contribution in [3.63, 3.8) is 0 Å². The van der Waals surface area contributed by atoms with Crippen LogP contribution in [0.15, 0.2) is 60.7 Å². The number of ketones is 1. The van der Waals surface area contributed by atoms with Crippen LogP contribution >= 0.6 is 0 Å². The zero-order chi connectivity index (χ0) is 18.1. The minimum atomic E-state index is -1.63. The van der Waals surface area contributed by atoms with Gasteiger partial charge in [0.15, 0.2) is 0 Å². The molecule has 2 aromatic carbocycles. The van der Waals surface area contributed by atoms with E-state index in [-0.39, 0.29) is 13.2 Å². The van der Waals surface area contributed by atoms with E-state index in [2.05, 4.69) is 0 Å². The molecule has 2 aliphatic rings. The van der Waals surface area contributed by atoms with E-state index in [0.29, 0.717) is 11.1 Å². The van der Waals surface area contributed by atoms with Gasteiger partial charge in [0.25, 0.3) is 0 Å². The van der Waals surface area contributed by atoms with Gasteiger partial charge in [-0.25, -0.2) is 4.79 Å². The van der Waals surface area contributed by atoms with Crippen molar-refractivity contribution in [1.29, 1.82) is 0 Å². The smallest absolute Gasteiger partial charge is 0.339 e. The molecule has 0 unspecified atom stereocenters. The van der Waals surface area contributed by atoms with E-state index in [1.807, 2.05) is 0 Å². The lowest BCUT2D eigenvalue weighted by Crippen LogP contribution is -2.54. The molecular weight excluding hydrogens is 336 g/mol. The fourth-order valence-electron chi connectivity index (χ4n) is 3.46. The Hall–Kier alpha value is -2.54. The molecule has 0 spiro atoms. The molecule has 2 aromatic rings. The molecule has 134 valence electrons. The lowest BCUT2D eigenvalue weighted by molar-refractivity contribution is -0.0649. The summed E-state index contributed by atoms with van der Waals surface area (Å²) in [5, 5.41) is 10.0. The summed E-state index contributed by atoms with van der Waals surface area (Å²) < 4.78 is 16.9. The minimum Gasteiger partial charge on any atom is -0.442 e. The first kappa shape index (κ1) is 16.9. The zero-order valence-electron chi connectivity index (χ0n) is 13.9. The fraction of sp³-hybridized carbons (Fsp3) is 0.300. The second kappa shape index (κ2) is 6.64. The van der Waals surface area contributed by atoms with Gasteiger partial charge in [-0.15, -0.1) is 0 Å². The molecule has 0 amide bonds. The second-order valence-corrected chi connectivity index (χ2v) is 6.44. The van der Waals surface area contributed by atoms with Crippen molar-refractivity contribution >= 4 is 11.8 Å². The molecule has 0 bridgehead atoms. The first-order valence-corrected chi connectivity index (χ1v) is 8.41. The molecule has 4 atom stereocenters. The van der Waals surface area contributed by atoms with Crippen molar-refractivity contribution in [2.45, 2.75) is 23.9 Å². The van der Waals surface area contributed by atoms with E-state index < -0.39 is 35.7 Å². The molecule has 2 aliphatic heterocycles. The number of ether oxygens (including phenoxy) is 3. The van der Waals surface area contributed by atoms with Crippen molar-refractivity contribution < 1.29 is 28.9 Å². The van der Waals surface area contributed by atoms with Crippen molar-refractivity contribution in [2.24, 2.45) is 0 Å². The number of esters is 1. The lowest BCUT2D eigenvalue weighted by Gasteiger charge is -2.31. The maximum absolute atomic E-state index is 13.3. The largest absolute Gasteiger partial charge is 0.442 e. The minimum absolute atomic E-state index is 0.0298. The number of aliphatic hydroxyl groups excluding tert-OH is 1. The van der Waals surface area contributed by atoms with Crippen LogP contribution in [0.4, 0.5) is 0 Å². The van der Waals surface area contributed by atoms with Gasteiger partial charge in [0.05, 0.1) is 18.8 Å². The van der Waals surface area contributed by atoms with Gasteiger partial charge in [-0.05, 0) is 12.1 Å². The van der Waals surface area contributed by atoms with Gasteiger partial charge < -0.3 is 19.3 Å².